The summed E-state index contributed by atoms with van der Waals surface area (Å²) in [5.41, 5.74) is 4.45. The highest BCUT2D eigenvalue weighted by Crippen LogP contribution is 2.35. The van der Waals surface area contributed by atoms with Gasteiger partial charge in [0.05, 0.1) is 42.2 Å². The highest BCUT2D eigenvalue weighted by molar-refractivity contribution is 14.1. The van der Waals surface area contributed by atoms with E-state index in [1.807, 2.05) is 22.6 Å². The van der Waals surface area contributed by atoms with Crippen molar-refractivity contribution in [3.8, 4) is 23.0 Å². The van der Waals surface area contributed by atoms with Crippen molar-refractivity contribution in [1.82, 2.24) is 16.1 Å². The number of hydrogen-bond acceptors (Lipinski definition) is 10. The summed E-state index contributed by atoms with van der Waals surface area (Å²) in [6.45, 7) is 3.59. The number of phenolic OH excluding ortho intramolecular Hbond substituents is 1. The van der Waals surface area contributed by atoms with E-state index in [0.29, 0.717) is 44.2 Å². The number of hydrazone groups is 1. The molecule has 0 radical (unpaired) electrons. The van der Waals surface area contributed by atoms with Gasteiger partial charge in [-0.25, -0.2) is 9.59 Å². The second-order valence-electron chi connectivity index (χ2n) is 7.97. The first kappa shape index (κ1) is 28.8. The number of aromatic hydroxyl groups is 1. The molecule has 1 aliphatic heterocycles. The van der Waals surface area contributed by atoms with Crippen LogP contribution in [0.25, 0.3) is 0 Å². The smallest absolute Gasteiger partial charge is 0.337 e. The quantitative estimate of drug-likeness (QED) is 0.0818. The number of aliphatic hydroxyl groups is 1. The summed E-state index contributed by atoms with van der Waals surface area (Å²) in [5, 5.41) is 29.5. The third-order valence-electron chi connectivity index (χ3n) is 5.38. The molecule has 3 rings (SSSR count). The molecule has 0 fully saturated rings. The van der Waals surface area contributed by atoms with E-state index in [4.69, 9.17) is 18.9 Å². The number of rotatable bonds is 11. The molecule has 12 nitrogen and oxygen atoms in total. The Morgan fingerprint density at radius 3 is 2.66 bits per heavy atom. The van der Waals surface area contributed by atoms with Gasteiger partial charge in [-0.3, -0.25) is 5.43 Å². The van der Waals surface area contributed by atoms with E-state index in [0.717, 1.165) is 0 Å². The first-order valence-electron chi connectivity index (χ1n) is 11.5. The van der Waals surface area contributed by atoms with Crippen LogP contribution >= 0.6 is 22.6 Å². The van der Waals surface area contributed by atoms with Gasteiger partial charge in [0.15, 0.2) is 29.2 Å². The maximum absolute atomic E-state index is 12.4. The lowest BCUT2D eigenvalue weighted by molar-refractivity contribution is -0.136. The summed E-state index contributed by atoms with van der Waals surface area (Å²) < 4.78 is 22.0. The van der Waals surface area contributed by atoms with E-state index in [9.17, 15) is 19.8 Å². The van der Waals surface area contributed by atoms with Crippen LogP contribution in [0, 0.1) is 3.57 Å². The van der Waals surface area contributed by atoms with Crippen LogP contribution < -0.4 is 30.3 Å². The molecule has 0 bridgehead atoms. The minimum Gasteiger partial charge on any atom is -0.504 e. The molecule has 2 amide bonds. The zero-order valence-electron chi connectivity index (χ0n) is 21.2. The Kier molecular flexibility index (Phi) is 10.0. The number of carbonyl (C=O) groups excluding carboxylic acids is 2. The second-order valence-corrected chi connectivity index (χ2v) is 9.13. The molecule has 5 N–H and O–H groups in total. The van der Waals surface area contributed by atoms with E-state index in [-0.39, 0.29) is 17.9 Å². The summed E-state index contributed by atoms with van der Waals surface area (Å²) in [5.74, 6) is 0.481. The van der Waals surface area contributed by atoms with Crippen molar-refractivity contribution in [1.29, 1.82) is 0 Å². The summed E-state index contributed by atoms with van der Waals surface area (Å²) in [6, 6.07) is 7.07. The summed E-state index contributed by atoms with van der Waals surface area (Å²) in [7, 11) is 2.72. The van der Waals surface area contributed by atoms with Crippen molar-refractivity contribution in [2.45, 2.75) is 26.1 Å². The molecule has 13 heteroatoms. The number of halogens is 1. The zero-order chi connectivity index (χ0) is 27.8. The molecular formula is C25H29IN4O8. The number of allylic oxidation sites excluding steroid dienone is 1. The van der Waals surface area contributed by atoms with Crippen molar-refractivity contribution in [3.05, 3.63) is 56.3 Å². The van der Waals surface area contributed by atoms with Gasteiger partial charge >= 0.3 is 12.0 Å². The Balaban J connectivity index is 1.70. The maximum atomic E-state index is 12.4. The summed E-state index contributed by atoms with van der Waals surface area (Å²) >= 11 is 1.98. The fourth-order valence-corrected chi connectivity index (χ4v) is 4.27. The lowest BCUT2D eigenvalue weighted by atomic mass is 9.95. The molecule has 2 aromatic rings. The number of ether oxygens (including phenoxy) is 4. The number of esters is 1. The first-order valence-corrected chi connectivity index (χ1v) is 12.6. The number of nitrogens with zero attached hydrogens (tertiary/aromatic N) is 1. The van der Waals surface area contributed by atoms with Crippen LogP contribution in [-0.4, -0.2) is 62.1 Å². The molecule has 38 heavy (non-hydrogen) atoms. The lowest BCUT2D eigenvalue weighted by Gasteiger charge is -2.28. The number of amides is 2. The topological polar surface area (TPSA) is 160 Å². The number of urea groups is 1. The van der Waals surface area contributed by atoms with Crippen molar-refractivity contribution in [2.24, 2.45) is 5.10 Å². The number of methoxy groups -OCH3 is 2. The van der Waals surface area contributed by atoms with Gasteiger partial charge in [0.1, 0.15) is 6.61 Å². The molecule has 0 aromatic heterocycles. The number of nitrogens with one attached hydrogen (secondary N) is 3. The van der Waals surface area contributed by atoms with Gasteiger partial charge in [-0.15, -0.1) is 0 Å². The molecule has 0 aliphatic carbocycles. The van der Waals surface area contributed by atoms with Gasteiger partial charge < -0.3 is 39.8 Å². The highest BCUT2D eigenvalue weighted by Gasteiger charge is 2.32. The number of benzene rings is 2. The number of hydrogen-bond donors (Lipinski definition) is 5. The van der Waals surface area contributed by atoms with Gasteiger partial charge in [0.25, 0.3) is 0 Å². The molecule has 2 atom stereocenters. The number of aliphatic hydroxyl groups excluding tert-OH is 1. The zero-order valence-corrected chi connectivity index (χ0v) is 23.4. The molecule has 2 aromatic carbocycles. The molecule has 0 saturated heterocycles. The molecule has 0 unspecified atom stereocenters. The lowest BCUT2D eigenvalue weighted by Crippen LogP contribution is -2.45. The predicted molar refractivity (Wildman–Crippen MR) is 146 cm³/mol. The van der Waals surface area contributed by atoms with Crippen molar-refractivity contribution < 1.29 is 38.7 Å². The molecule has 1 aliphatic rings. The molecule has 204 valence electrons. The van der Waals surface area contributed by atoms with Gasteiger partial charge in [0.2, 0.25) is 0 Å². The van der Waals surface area contributed by atoms with E-state index >= 15 is 0 Å². The Labute approximate surface area is 233 Å². The van der Waals surface area contributed by atoms with E-state index in [2.05, 4.69) is 21.2 Å². The Hall–Kier alpha value is -3.72. The van der Waals surface area contributed by atoms with Crippen LogP contribution in [-0.2, 0) is 9.53 Å². The Morgan fingerprint density at radius 2 is 1.97 bits per heavy atom. The van der Waals surface area contributed by atoms with Crippen LogP contribution in [0.2, 0.25) is 0 Å². The third-order valence-corrected chi connectivity index (χ3v) is 6.20. The monoisotopic (exact) mass is 640 g/mol. The van der Waals surface area contributed by atoms with Crippen LogP contribution in [0.4, 0.5) is 4.79 Å². The van der Waals surface area contributed by atoms with E-state index in [1.165, 1.54) is 20.4 Å². The Morgan fingerprint density at radius 1 is 1.21 bits per heavy atom. The van der Waals surface area contributed by atoms with Crippen molar-refractivity contribution in [2.75, 3.05) is 27.4 Å². The van der Waals surface area contributed by atoms with E-state index < -0.39 is 24.3 Å². The summed E-state index contributed by atoms with van der Waals surface area (Å²) in [4.78, 5) is 24.5. The van der Waals surface area contributed by atoms with Gasteiger partial charge in [0, 0.05) is 5.70 Å². The van der Waals surface area contributed by atoms with Crippen molar-refractivity contribution in [3.63, 3.8) is 0 Å². The largest absolute Gasteiger partial charge is 0.504 e. The molecule has 0 saturated carbocycles. The highest BCUT2D eigenvalue weighted by atomic mass is 127. The molecule has 1 heterocycles. The predicted octanol–water partition coefficient (Wildman–Crippen LogP) is 2.53. The number of carbonyl (C=O) groups is 2. The number of phenols is 1. The minimum absolute atomic E-state index is 0.0398. The van der Waals surface area contributed by atoms with Crippen LogP contribution in [0.5, 0.6) is 23.0 Å². The Bertz CT molecular complexity index is 1250. The SMILES string of the molecule is CCOc1cc([C@H]2NC(=O)NC(C)=C2C(=O)OC)ccc1OC[C@H](O)N/N=C\c1cc(I)c(O)c(OC)c1. The average Bonchev–Trinajstić information content (AvgIpc) is 2.89. The standard InChI is InChI=1S/C25H29IN4O8/c1-5-37-18-10-15(22-21(24(33)36-4)13(2)28-25(34)29-22)6-7-17(18)38-12-20(31)30-27-11-14-8-16(26)23(32)19(9-14)35-3/h6-11,20,22,30-32H,5,12H2,1-4H3,(H2,28,29,34)/b27-11-/t20-,22+/m0/s1. The fraction of sp³-hybridized carbons (Fsp3) is 0.320. The van der Waals surface area contributed by atoms with Crippen LogP contribution in [0.1, 0.15) is 31.0 Å². The minimum atomic E-state index is -1.15. The third kappa shape index (κ3) is 6.98. The first-order chi connectivity index (χ1) is 18.2. The van der Waals surface area contributed by atoms with Gasteiger partial charge in [-0.2, -0.15) is 5.10 Å². The fourth-order valence-electron chi connectivity index (χ4n) is 3.64. The van der Waals surface area contributed by atoms with Crippen LogP contribution in [0.3, 0.4) is 0 Å². The van der Waals surface area contributed by atoms with Gasteiger partial charge in [-0.05, 0) is 71.8 Å². The summed E-state index contributed by atoms with van der Waals surface area (Å²) in [6.07, 6.45) is 0.314. The van der Waals surface area contributed by atoms with E-state index in [1.54, 1.807) is 44.2 Å². The molecular weight excluding hydrogens is 611 g/mol. The van der Waals surface area contributed by atoms with Crippen molar-refractivity contribution >= 4 is 40.8 Å². The maximum Gasteiger partial charge on any atom is 0.337 e. The van der Waals surface area contributed by atoms with Crippen LogP contribution in [0.15, 0.2) is 46.7 Å². The normalized spacial score (nSPS) is 15.9. The second kappa shape index (κ2) is 13.2. The molecule has 0 spiro atoms. The average molecular weight is 640 g/mol. The van der Waals surface area contributed by atoms with Gasteiger partial charge in [-0.1, -0.05) is 6.07 Å².